The molecule has 0 spiro atoms. The summed E-state index contributed by atoms with van der Waals surface area (Å²) >= 11 is 0. The van der Waals surface area contributed by atoms with E-state index in [1.165, 1.54) is 12.8 Å². The Hall–Kier alpha value is -1.53. The van der Waals surface area contributed by atoms with Crippen LogP contribution in [0.3, 0.4) is 0 Å². The second-order valence-corrected chi connectivity index (χ2v) is 3.99. The predicted octanol–water partition coefficient (Wildman–Crippen LogP) is 1.76. The summed E-state index contributed by atoms with van der Waals surface area (Å²) in [4.78, 5) is 2.20. The van der Waals surface area contributed by atoms with Crippen LogP contribution in [0.4, 0.5) is 5.69 Å². The third-order valence-corrected chi connectivity index (χ3v) is 2.77. The molecule has 0 saturated heterocycles. The molecule has 0 heterocycles. The summed E-state index contributed by atoms with van der Waals surface area (Å²) in [6.07, 6.45) is 2.43. The molecule has 1 aliphatic rings. The van der Waals surface area contributed by atoms with Gasteiger partial charge in [0, 0.05) is 18.3 Å². The van der Waals surface area contributed by atoms with Crippen molar-refractivity contribution in [3.63, 3.8) is 0 Å². The number of hydrogen-bond donors (Lipinski definition) is 1. The van der Waals surface area contributed by atoms with Gasteiger partial charge in [-0.3, -0.25) is 4.90 Å². The number of nitriles is 1. The minimum absolute atomic E-state index is 0.499. The number of anilines is 1. The smallest absolute Gasteiger partial charge is 0.0871 e. The zero-order chi connectivity index (χ0) is 10.7. The highest BCUT2D eigenvalue weighted by atomic mass is 15.2. The van der Waals surface area contributed by atoms with Crippen LogP contribution in [0.25, 0.3) is 0 Å². The summed E-state index contributed by atoms with van der Waals surface area (Å²) in [5.74, 6) is 0. The zero-order valence-corrected chi connectivity index (χ0v) is 8.69. The van der Waals surface area contributed by atoms with E-state index in [9.17, 15) is 0 Å². The van der Waals surface area contributed by atoms with E-state index in [1.807, 2.05) is 24.3 Å². The molecule has 0 aliphatic heterocycles. The van der Waals surface area contributed by atoms with Crippen LogP contribution in [0, 0.1) is 11.3 Å². The van der Waals surface area contributed by atoms with Gasteiger partial charge in [0.15, 0.2) is 0 Å². The predicted molar refractivity (Wildman–Crippen MR) is 59.9 cm³/mol. The Bertz CT molecular complexity index is 377. The Morgan fingerprint density at radius 2 is 2.13 bits per heavy atom. The van der Waals surface area contributed by atoms with Crippen molar-refractivity contribution in [2.45, 2.75) is 25.4 Å². The van der Waals surface area contributed by atoms with E-state index in [4.69, 9.17) is 11.0 Å². The monoisotopic (exact) mass is 201 g/mol. The lowest BCUT2D eigenvalue weighted by atomic mass is 10.1. The maximum absolute atomic E-state index is 8.74. The van der Waals surface area contributed by atoms with Gasteiger partial charge in [-0.15, -0.1) is 0 Å². The molecule has 0 radical (unpaired) electrons. The van der Waals surface area contributed by atoms with E-state index in [2.05, 4.69) is 11.0 Å². The summed E-state index contributed by atoms with van der Waals surface area (Å²) < 4.78 is 0. The van der Waals surface area contributed by atoms with E-state index >= 15 is 0 Å². The van der Waals surface area contributed by atoms with Gasteiger partial charge in [0.05, 0.1) is 12.6 Å². The molecule has 1 fully saturated rings. The molecule has 2 N–H and O–H groups in total. The van der Waals surface area contributed by atoms with Crippen LogP contribution in [-0.2, 0) is 6.54 Å². The van der Waals surface area contributed by atoms with E-state index in [0.717, 1.165) is 17.8 Å². The van der Waals surface area contributed by atoms with E-state index in [0.29, 0.717) is 12.6 Å². The number of nitrogens with zero attached hydrogens (tertiary/aromatic N) is 2. The number of hydrogen-bond acceptors (Lipinski definition) is 3. The number of nitrogen functional groups attached to an aromatic ring is 1. The molecule has 3 nitrogen and oxygen atoms in total. The molecule has 2 rings (SSSR count). The summed E-state index contributed by atoms with van der Waals surface area (Å²) in [6, 6.07) is 10.7. The average molecular weight is 201 g/mol. The maximum atomic E-state index is 8.74. The normalized spacial score (nSPS) is 15.2. The fourth-order valence-corrected chi connectivity index (χ4v) is 1.74. The highest BCUT2D eigenvalue weighted by molar-refractivity contribution is 5.46. The van der Waals surface area contributed by atoms with Crippen molar-refractivity contribution in [1.29, 1.82) is 5.26 Å². The lowest BCUT2D eigenvalue weighted by molar-refractivity contribution is 0.287. The molecule has 1 aromatic rings. The summed E-state index contributed by atoms with van der Waals surface area (Å²) in [6.45, 7) is 1.30. The van der Waals surface area contributed by atoms with Gasteiger partial charge in [-0.05, 0) is 24.5 Å². The Morgan fingerprint density at radius 1 is 1.40 bits per heavy atom. The molecule has 15 heavy (non-hydrogen) atoms. The topological polar surface area (TPSA) is 53.0 Å². The SMILES string of the molecule is N#CCN(Cc1ccccc1N)C1CC1. The third-order valence-electron chi connectivity index (χ3n) is 2.77. The number of nitrogens with two attached hydrogens (primary N) is 1. The number of benzene rings is 1. The summed E-state index contributed by atoms with van der Waals surface area (Å²) in [5.41, 5.74) is 7.82. The molecule has 0 aromatic heterocycles. The lowest BCUT2D eigenvalue weighted by Gasteiger charge is -2.19. The molecule has 78 valence electrons. The van der Waals surface area contributed by atoms with Crippen LogP contribution >= 0.6 is 0 Å². The van der Waals surface area contributed by atoms with Gasteiger partial charge in [0.2, 0.25) is 0 Å². The van der Waals surface area contributed by atoms with Gasteiger partial charge in [0.1, 0.15) is 0 Å². The first kappa shape index (κ1) is 10.0. The maximum Gasteiger partial charge on any atom is 0.0871 e. The lowest BCUT2D eigenvalue weighted by Crippen LogP contribution is -2.26. The third kappa shape index (κ3) is 2.48. The van der Waals surface area contributed by atoms with E-state index in [1.54, 1.807) is 0 Å². The number of para-hydroxylation sites is 1. The molecule has 0 amide bonds. The molecule has 0 unspecified atom stereocenters. The summed E-state index contributed by atoms with van der Waals surface area (Å²) in [5, 5.41) is 8.74. The molecule has 0 atom stereocenters. The first-order valence-electron chi connectivity index (χ1n) is 5.25. The van der Waals surface area contributed by atoms with Crippen LogP contribution in [0.2, 0.25) is 0 Å². The highest BCUT2D eigenvalue weighted by Gasteiger charge is 2.28. The van der Waals surface area contributed by atoms with Crippen LogP contribution < -0.4 is 5.73 Å². The van der Waals surface area contributed by atoms with Gasteiger partial charge >= 0.3 is 0 Å². The minimum atomic E-state index is 0.499. The molecule has 1 aromatic carbocycles. The molecule has 1 aliphatic carbocycles. The van der Waals surface area contributed by atoms with E-state index < -0.39 is 0 Å². The molecule has 3 heteroatoms. The fourth-order valence-electron chi connectivity index (χ4n) is 1.74. The van der Waals surface area contributed by atoms with Crippen LogP contribution in [0.15, 0.2) is 24.3 Å². The highest BCUT2D eigenvalue weighted by Crippen LogP contribution is 2.28. The van der Waals surface area contributed by atoms with Gasteiger partial charge in [-0.25, -0.2) is 0 Å². The van der Waals surface area contributed by atoms with Gasteiger partial charge in [-0.2, -0.15) is 5.26 Å². The van der Waals surface area contributed by atoms with Crippen molar-refractivity contribution in [3.05, 3.63) is 29.8 Å². The minimum Gasteiger partial charge on any atom is -0.398 e. The standard InChI is InChI=1S/C12H15N3/c13-7-8-15(11-5-6-11)9-10-3-1-2-4-12(10)14/h1-4,11H,5-6,8-9,14H2. The van der Waals surface area contributed by atoms with Crippen molar-refractivity contribution in [2.75, 3.05) is 12.3 Å². The van der Waals surface area contributed by atoms with Crippen molar-refractivity contribution in [2.24, 2.45) is 0 Å². The number of rotatable bonds is 4. The Morgan fingerprint density at radius 3 is 2.73 bits per heavy atom. The second kappa shape index (κ2) is 4.33. The van der Waals surface area contributed by atoms with Gasteiger partial charge in [0.25, 0.3) is 0 Å². The molecular formula is C12H15N3. The quantitative estimate of drug-likeness (QED) is 0.596. The Labute approximate surface area is 90.1 Å². The first-order valence-corrected chi connectivity index (χ1v) is 5.25. The largest absolute Gasteiger partial charge is 0.398 e. The first-order chi connectivity index (χ1) is 7.31. The van der Waals surface area contributed by atoms with Crippen molar-refractivity contribution in [1.82, 2.24) is 4.90 Å². The van der Waals surface area contributed by atoms with Crippen LogP contribution in [0.1, 0.15) is 18.4 Å². The zero-order valence-electron chi connectivity index (χ0n) is 8.69. The molecule has 1 saturated carbocycles. The van der Waals surface area contributed by atoms with Gasteiger partial charge in [-0.1, -0.05) is 18.2 Å². The van der Waals surface area contributed by atoms with Crippen molar-refractivity contribution in [3.8, 4) is 6.07 Å². The fraction of sp³-hybridized carbons (Fsp3) is 0.417. The molecule has 0 bridgehead atoms. The van der Waals surface area contributed by atoms with Crippen molar-refractivity contribution < 1.29 is 0 Å². The Kier molecular flexibility index (Phi) is 2.89. The average Bonchev–Trinajstić information content (AvgIpc) is 3.04. The second-order valence-electron chi connectivity index (χ2n) is 3.99. The van der Waals surface area contributed by atoms with Crippen LogP contribution in [0.5, 0.6) is 0 Å². The summed E-state index contributed by atoms with van der Waals surface area (Å²) in [7, 11) is 0. The van der Waals surface area contributed by atoms with Crippen LogP contribution in [-0.4, -0.2) is 17.5 Å². The van der Waals surface area contributed by atoms with E-state index in [-0.39, 0.29) is 0 Å². The van der Waals surface area contributed by atoms with Crippen molar-refractivity contribution >= 4 is 5.69 Å². The molecular weight excluding hydrogens is 186 g/mol. The Balaban J connectivity index is 2.06. The van der Waals surface area contributed by atoms with Gasteiger partial charge < -0.3 is 5.73 Å².